The van der Waals surface area contributed by atoms with Crippen LogP contribution in [0.4, 0.5) is 5.82 Å². The summed E-state index contributed by atoms with van der Waals surface area (Å²) in [4.78, 5) is 43.4. The number of aryl methyl sites for hydroxylation is 2. The Morgan fingerprint density at radius 2 is 1.55 bits per heavy atom. The van der Waals surface area contributed by atoms with Gasteiger partial charge in [-0.05, 0) is 83.5 Å². The lowest BCUT2D eigenvalue weighted by Gasteiger charge is -2.24. The van der Waals surface area contributed by atoms with Gasteiger partial charge >= 0.3 is 0 Å². The van der Waals surface area contributed by atoms with E-state index < -0.39 is 18.0 Å². The predicted molar refractivity (Wildman–Crippen MR) is 195 cm³/mol. The van der Waals surface area contributed by atoms with Crippen LogP contribution < -0.4 is 16.0 Å². The molecule has 0 aliphatic heterocycles. The zero-order valence-electron chi connectivity index (χ0n) is 28.4. The van der Waals surface area contributed by atoms with Crippen LogP contribution in [0.5, 0.6) is 0 Å². The topological polar surface area (TPSA) is 109 Å². The fourth-order valence-corrected chi connectivity index (χ4v) is 5.82. The number of Topliss-reactive ketones (excluding diaryl/α,β-unsaturated/α-hetero) is 1. The molecule has 0 saturated heterocycles. The van der Waals surface area contributed by atoms with Gasteiger partial charge in [-0.2, -0.15) is 0 Å². The summed E-state index contributed by atoms with van der Waals surface area (Å²) >= 11 is 0. The molecule has 0 spiro atoms. The first-order valence-corrected chi connectivity index (χ1v) is 16.7. The summed E-state index contributed by atoms with van der Waals surface area (Å²) in [6, 6.07) is 32.5. The van der Waals surface area contributed by atoms with Gasteiger partial charge in [-0.1, -0.05) is 91.0 Å². The molecular weight excluding hydrogens is 612 g/mol. The first-order valence-electron chi connectivity index (χ1n) is 16.7. The fraction of sp³-hybridized carbons (Fsp3) is 0.268. The maximum absolute atomic E-state index is 13.8. The Balaban J connectivity index is 1.27. The normalized spacial score (nSPS) is 12.2. The van der Waals surface area contributed by atoms with Gasteiger partial charge in [0, 0.05) is 25.6 Å². The van der Waals surface area contributed by atoms with Crippen LogP contribution in [-0.2, 0) is 25.7 Å². The molecule has 2 atom stereocenters. The number of hydrogen-bond donors (Lipinski definition) is 3. The summed E-state index contributed by atoms with van der Waals surface area (Å²) in [5.74, 6) is 0.0164. The van der Waals surface area contributed by atoms with Crippen molar-refractivity contribution in [3.63, 3.8) is 0 Å². The molecule has 0 aliphatic rings. The smallest absolute Gasteiger partial charge is 0.245 e. The van der Waals surface area contributed by atoms with Gasteiger partial charge in [-0.25, -0.2) is 4.98 Å². The number of carbonyl (C=O) groups excluding carboxylic acids is 3. The second kappa shape index (κ2) is 17.2. The SMILES string of the molecule is CC(=O)C[C@H](NC(=O)[C@H](COCc1ccccc1)NC(=O)CCCNc1cc(C)ccn1)c1ccc(-c2ccc(C)c3ccccc23)cc1. The number of ether oxygens (including phenoxy) is 1. The Bertz CT molecular complexity index is 1870. The van der Waals surface area contributed by atoms with Crippen molar-refractivity contribution in [2.45, 2.75) is 58.7 Å². The molecule has 0 saturated carbocycles. The summed E-state index contributed by atoms with van der Waals surface area (Å²) in [7, 11) is 0. The van der Waals surface area contributed by atoms with Crippen molar-refractivity contribution < 1.29 is 19.1 Å². The van der Waals surface area contributed by atoms with E-state index in [1.807, 2.05) is 85.8 Å². The van der Waals surface area contributed by atoms with Gasteiger partial charge < -0.3 is 20.7 Å². The van der Waals surface area contributed by atoms with Crippen LogP contribution in [0.25, 0.3) is 21.9 Å². The van der Waals surface area contributed by atoms with E-state index in [0.29, 0.717) is 19.6 Å². The number of hydrogen-bond acceptors (Lipinski definition) is 6. The van der Waals surface area contributed by atoms with E-state index in [-0.39, 0.29) is 31.1 Å². The number of amides is 2. The molecule has 4 aromatic carbocycles. The number of rotatable bonds is 16. The van der Waals surface area contributed by atoms with Crippen LogP contribution in [0, 0.1) is 13.8 Å². The summed E-state index contributed by atoms with van der Waals surface area (Å²) in [6.07, 6.45) is 2.62. The quantitative estimate of drug-likeness (QED) is 0.0966. The van der Waals surface area contributed by atoms with Crippen LogP contribution in [0.3, 0.4) is 0 Å². The number of fused-ring (bicyclic) bond motifs is 1. The van der Waals surface area contributed by atoms with E-state index in [1.54, 1.807) is 6.20 Å². The molecule has 1 heterocycles. The van der Waals surface area contributed by atoms with Crippen LogP contribution in [0.1, 0.15) is 54.5 Å². The molecule has 3 N–H and O–H groups in total. The maximum atomic E-state index is 13.8. The molecule has 49 heavy (non-hydrogen) atoms. The summed E-state index contributed by atoms with van der Waals surface area (Å²) in [5.41, 5.74) is 6.22. The Morgan fingerprint density at radius 3 is 2.29 bits per heavy atom. The number of carbonyl (C=O) groups is 3. The number of ketones is 1. The van der Waals surface area contributed by atoms with Crippen molar-refractivity contribution >= 4 is 34.2 Å². The van der Waals surface area contributed by atoms with Gasteiger partial charge in [-0.15, -0.1) is 0 Å². The van der Waals surface area contributed by atoms with Crippen LogP contribution in [0.15, 0.2) is 109 Å². The van der Waals surface area contributed by atoms with E-state index in [2.05, 4.69) is 52.1 Å². The molecular formula is C41H44N4O4. The lowest BCUT2D eigenvalue weighted by atomic mass is 9.93. The van der Waals surface area contributed by atoms with Crippen LogP contribution in [-0.4, -0.2) is 41.8 Å². The third-order valence-electron chi connectivity index (χ3n) is 8.42. The minimum Gasteiger partial charge on any atom is -0.374 e. The number of nitrogens with zero attached hydrogens (tertiary/aromatic N) is 1. The number of anilines is 1. The third kappa shape index (κ3) is 10.1. The van der Waals surface area contributed by atoms with Gasteiger partial charge in [0.05, 0.1) is 19.3 Å². The minimum absolute atomic E-state index is 0.0237. The first-order chi connectivity index (χ1) is 23.8. The Labute approximate surface area is 288 Å². The third-order valence-corrected chi connectivity index (χ3v) is 8.42. The predicted octanol–water partition coefficient (Wildman–Crippen LogP) is 7.25. The largest absolute Gasteiger partial charge is 0.374 e. The minimum atomic E-state index is -0.949. The van der Waals surface area contributed by atoms with Crippen molar-refractivity contribution in [1.29, 1.82) is 0 Å². The molecule has 2 amide bonds. The zero-order chi connectivity index (χ0) is 34.6. The summed E-state index contributed by atoms with van der Waals surface area (Å²) in [6.45, 7) is 6.43. The molecule has 1 aromatic heterocycles. The Kier molecular flexibility index (Phi) is 12.3. The lowest BCUT2D eigenvalue weighted by Crippen LogP contribution is -2.50. The molecule has 8 heteroatoms. The van der Waals surface area contributed by atoms with Crippen molar-refractivity contribution in [3.05, 3.63) is 132 Å². The van der Waals surface area contributed by atoms with E-state index in [0.717, 1.165) is 33.6 Å². The van der Waals surface area contributed by atoms with Crippen molar-refractivity contribution in [2.75, 3.05) is 18.5 Å². The Hall–Kier alpha value is -5.34. The van der Waals surface area contributed by atoms with E-state index in [1.165, 1.54) is 23.3 Å². The van der Waals surface area contributed by atoms with Gasteiger partial charge in [-0.3, -0.25) is 14.4 Å². The molecule has 0 fully saturated rings. The van der Waals surface area contributed by atoms with E-state index in [4.69, 9.17) is 4.74 Å². The average molecular weight is 657 g/mol. The van der Waals surface area contributed by atoms with Gasteiger partial charge in [0.1, 0.15) is 17.6 Å². The van der Waals surface area contributed by atoms with Crippen molar-refractivity contribution in [2.24, 2.45) is 0 Å². The van der Waals surface area contributed by atoms with E-state index in [9.17, 15) is 14.4 Å². The number of pyridine rings is 1. The van der Waals surface area contributed by atoms with Crippen molar-refractivity contribution in [3.8, 4) is 11.1 Å². The number of nitrogens with one attached hydrogen (secondary N) is 3. The highest BCUT2D eigenvalue weighted by Crippen LogP contribution is 2.31. The highest BCUT2D eigenvalue weighted by molar-refractivity contribution is 5.98. The summed E-state index contributed by atoms with van der Waals surface area (Å²) in [5, 5.41) is 11.5. The summed E-state index contributed by atoms with van der Waals surface area (Å²) < 4.78 is 5.91. The van der Waals surface area contributed by atoms with Gasteiger partial charge in [0.2, 0.25) is 11.8 Å². The zero-order valence-corrected chi connectivity index (χ0v) is 28.4. The van der Waals surface area contributed by atoms with Gasteiger partial charge in [0.25, 0.3) is 0 Å². The van der Waals surface area contributed by atoms with Crippen LogP contribution in [0.2, 0.25) is 0 Å². The molecule has 252 valence electrons. The monoisotopic (exact) mass is 656 g/mol. The van der Waals surface area contributed by atoms with Crippen LogP contribution >= 0.6 is 0 Å². The number of benzene rings is 4. The highest BCUT2D eigenvalue weighted by atomic mass is 16.5. The first kappa shape index (κ1) is 35.0. The number of aromatic nitrogens is 1. The Morgan fingerprint density at radius 1 is 0.816 bits per heavy atom. The fourth-order valence-electron chi connectivity index (χ4n) is 5.82. The van der Waals surface area contributed by atoms with Gasteiger partial charge in [0.15, 0.2) is 0 Å². The molecule has 0 aliphatic carbocycles. The molecule has 5 aromatic rings. The van der Waals surface area contributed by atoms with E-state index >= 15 is 0 Å². The second-order valence-electron chi connectivity index (χ2n) is 12.4. The molecule has 8 nitrogen and oxygen atoms in total. The lowest BCUT2D eigenvalue weighted by molar-refractivity contribution is -0.131. The molecule has 0 unspecified atom stereocenters. The highest BCUT2D eigenvalue weighted by Gasteiger charge is 2.25. The molecule has 5 rings (SSSR count). The maximum Gasteiger partial charge on any atom is 0.245 e. The van der Waals surface area contributed by atoms with Crippen molar-refractivity contribution in [1.82, 2.24) is 15.6 Å². The molecule has 0 bridgehead atoms. The average Bonchev–Trinajstić information content (AvgIpc) is 3.10. The second-order valence-corrected chi connectivity index (χ2v) is 12.4. The molecule has 0 radical (unpaired) electrons. The standard InChI is InChI=1S/C41H44N4O4/c1-28-21-23-43-39(24-28)42-22-9-14-40(47)44-38(27-49-26-31-10-5-4-6-11-31)41(48)45-37(25-30(3)46)33-18-16-32(17-19-33)35-20-15-29(2)34-12-7-8-13-36(34)35/h4-8,10-13,15-21,23-24,37-38H,9,14,22,25-27H2,1-3H3,(H,42,43)(H,44,47)(H,45,48)/t37-,38-/m0/s1.